The smallest absolute Gasteiger partial charge is 0.129 e. The summed E-state index contributed by atoms with van der Waals surface area (Å²) >= 11 is 6.01. The van der Waals surface area contributed by atoms with E-state index >= 15 is 0 Å². The number of rotatable bonds is 5. The molecular weight excluding hydrogens is 265 g/mol. The van der Waals surface area contributed by atoms with Gasteiger partial charge in [-0.25, -0.2) is 9.37 Å². The maximum absolute atomic E-state index is 13.7. The van der Waals surface area contributed by atoms with E-state index in [-0.39, 0.29) is 5.82 Å². The number of halogens is 2. The van der Waals surface area contributed by atoms with E-state index in [2.05, 4.69) is 10.3 Å². The molecule has 1 aliphatic rings. The van der Waals surface area contributed by atoms with Gasteiger partial charge >= 0.3 is 0 Å². The van der Waals surface area contributed by atoms with Crippen molar-refractivity contribution in [2.45, 2.75) is 32.0 Å². The van der Waals surface area contributed by atoms with Gasteiger partial charge in [0, 0.05) is 29.4 Å². The van der Waals surface area contributed by atoms with Gasteiger partial charge in [-0.3, -0.25) is 0 Å². The molecule has 0 saturated heterocycles. The summed E-state index contributed by atoms with van der Waals surface area (Å²) in [6, 6.07) is 5.39. The third kappa shape index (κ3) is 3.14. The Balaban J connectivity index is 1.68. The Hall–Kier alpha value is -1.39. The maximum Gasteiger partial charge on any atom is 0.129 e. The molecule has 1 heterocycles. The van der Waals surface area contributed by atoms with Crippen LogP contribution in [0.3, 0.4) is 0 Å². The molecule has 0 unspecified atom stereocenters. The summed E-state index contributed by atoms with van der Waals surface area (Å²) in [5, 5.41) is 3.85. The molecule has 0 amide bonds. The Labute approximate surface area is 116 Å². The van der Waals surface area contributed by atoms with Crippen LogP contribution >= 0.6 is 11.6 Å². The summed E-state index contributed by atoms with van der Waals surface area (Å²) in [6.45, 7) is 1.17. The van der Waals surface area contributed by atoms with Crippen LogP contribution in [0.25, 0.3) is 0 Å². The highest BCUT2D eigenvalue weighted by Gasteiger charge is 2.20. The van der Waals surface area contributed by atoms with Crippen LogP contribution in [-0.4, -0.2) is 15.6 Å². The van der Waals surface area contributed by atoms with Crippen molar-refractivity contribution in [1.82, 2.24) is 14.9 Å². The molecule has 1 aromatic heterocycles. The topological polar surface area (TPSA) is 29.9 Å². The molecule has 2 aromatic rings. The van der Waals surface area contributed by atoms with E-state index in [4.69, 9.17) is 11.6 Å². The molecule has 0 radical (unpaired) electrons. The molecule has 1 fully saturated rings. The van der Waals surface area contributed by atoms with Crippen molar-refractivity contribution >= 4 is 11.6 Å². The van der Waals surface area contributed by atoms with Gasteiger partial charge in [0.2, 0.25) is 0 Å². The van der Waals surface area contributed by atoms with Gasteiger partial charge in [-0.2, -0.15) is 0 Å². The largest absolute Gasteiger partial charge is 0.333 e. The molecule has 3 nitrogen and oxygen atoms in total. The van der Waals surface area contributed by atoms with Gasteiger partial charge in [0.05, 0.1) is 18.6 Å². The lowest BCUT2D eigenvalue weighted by Gasteiger charge is -2.06. The molecule has 1 N–H and O–H groups in total. The fourth-order valence-corrected chi connectivity index (χ4v) is 2.21. The van der Waals surface area contributed by atoms with Gasteiger partial charge in [0.25, 0.3) is 0 Å². The van der Waals surface area contributed by atoms with Crippen LogP contribution in [0.15, 0.2) is 30.7 Å². The molecule has 1 saturated carbocycles. The molecular formula is C14H15ClFN3. The minimum Gasteiger partial charge on any atom is -0.333 e. The van der Waals surface area contributed by atoms with Crippen molar-refractivity contribution in [3.05, 3.63) is 52.8 Å². The highest BCUT2D eigenvalue weighted by atomic mass is 35.5. The average molecular weight is 280 g/mol. The van der Waals surface area contributed by atoms with Crippen molar-refractivity contribution < 1.29 is 4.39 Å². The average Bonchev–Trinajstić information content (AvgIpc) is 3.11. The molecule has 0 atom stereocenters. The lowest BCUT2D eigenvalue weighted by molar-refractivity contribution is 0.599. The molecule has 5 heteroatoms. The third-order valence-corrected chi connectivity index (χ3v) is 3.59. The zero-order valence-corrected chi connectivity index (χ0v) is 11.2. The second-order valence-corrected chi connectivity index (χ2v) is 5.30. The van der Waals surface area contributed by atoms with Crippen molar-refractivity contribution in [2.75, 3.05) is 0 Å². The third-order valence-electron chi connectivity index (χ3n) is 3.24. The van der Waals surface area contributed by atoms with E-state index in [1.165, 1.54) is 18.9 Å². The van der Waals surface area contributed by atoms with Crippen LogP contribution in [0.1, 0.15) is 24.1 Å². The standard InChI is InChI=1S/C14H15ClFN3/c15-13-2-1-3-14(16)12(13)8-19-7-11(18-9-19)6-17-10-4-5-10/h1-3,7,9-10,17H,4-6,8H2. The first-order valence-electron chi connectivity index (χ1n) is 6.39. The number of aromatic nitrogens is 2. The SMILES string of the molecule is Fc1cccc(Cl)c1Cn1cnc(CNC2CC2)c1. The summed E-state index contributed by atoms with van der Waals surface area (Å²) in [5.41, 5.74) is 1.47. The second kappa shape index (κ2) is 5.31. The molecule has 3 rings (SSSR count). The zero-order valence-electron chi connectivity index (χ0n) is 10.4. The fourth-order valence-electron chi connectivity index (χ4n) is 1.99. The predicted molar refractivity (Wildman–Crippen MR) is 72.6 cm³/mol. The molecule has 1 aliphatic carbocycles. The Morgan fingerprint density at radius 1 is 1.42 bits per heavy atom. The van der Waals surface area contributed by atoms with E-state index in [0.717, 1.165) is 12.2 Å². The number of nitrogens with one attached hydrogen (secondary N) is 1. The van der Waals surface area contributed by atoms with Gasteiger partial charge in [-0.15, -0.1) is 0 Å². The summed E-state index contributed by atoms with van der Waals surface area (Å²) in [5.74, 6) is -0.279. The van der Waals surface area contributed by atoms with Gasteiger partial charge in [0.15, 0.2) is 0 Å². The molecule has 0 spiro atoms. The summed E-state index contributed by atoms with van der Waals surface area (Å²) < 4.78 is 15.5. The van der Waals surface area contributed by atoms with Gasteiger partial charge in [0.1, 0.15) is 5.82 Å². The number of benzene rings is 1. The Kier molecular flexibility index (Phi) is 3.53. The van der Waals surface area contributed by atoms with Crippen molar-refractivity contribution in [3.8, 4) is 0 Å². The van der Waals surface area contributed by atoms with Crippen LogP contribution in [-0.2, 0) is 13.1 Å². The monoisotopic (exact) mass is 279 g/mol. The second-order valence-electron chi connectivity index (χ2n) is 4.89. The molecule has 1 aromatic carbocycles. The minimum absolute atomic E-state index is 0.279. The van der Waals surface area contributed by atoms with Crippen LogP contribution in [0.2, 0.25) is 5.02 Å². The quantitative estimate of drug-likeness (QED) is 0.912. The van der Waals surface area contributed by atoms with E-state index in [0.29, 0.717) is 23.2 Å². The summed E-state index contributed by atoms with van der Waals surface area (Å²) in [4.78, 5) is 4.31. The molecule has 100 valence electrons. The van der Waals surface area contributed by atoms with Crippen LogP contribution in [0, 0.1) is 5.82 Å². The van der Waals surface area contributed by atoms with Crippen LogP contribution in [0.5, 0.6) is 0 Å². The van der Waals surface area contributed by atoms with E-state index < -0.39 is 0 Å². The Morgan fingerprint density at radius 2 is 2.26 bits per heavy atom. The lowest BCUT2D eigenvalue weighted by Crippen LogP contribution is -2.15. The van der Waals surface area contributed by atoms with Crippen molar-refractivity contribution in [1.29, 1.82) is 0 Å². The highest BCUT2D eigenvalue weighted by molar-refractivity contribution is 6.31. The fraction of sp³-hybridized carbons (Fsp3) is 0.357. The minimum atomic E-state index is -0.279. The van der Waals surface area contributed by atoms with Gasteiger partial charge in [-0.05, 0) is 25.0 Å². The Bertz CT molecular complexity index is 558. The number of nitrogens with zero attached hydrogens (tertiary/aromatic N) is 2. The highest BCUT2D eigenvalue weighted by Crippen LogP contribution is 2.21. The first-order chi connectivity index (χ1) is 9.22. The summed E-state index contributed by atoms with van der Waals surface area (Å²) in [7, 11) is 0. The van der Waals surface area contributed by atoms with Gasteiger partial charge in [-0.1, -0.05) is 17.7 Å². The first kappa shape index (κ1) is 12.6. The van der Waals surface area contributed by atoms with E-state index in [9.17, 15) is 4.39 Å². The van der Waals surface area contributed by atoms with E-state index in [1.54, 1.807) is 18.5 Å². The number of hydrogen-bond donors (Lipinski definition) is 1. The van der Waals surface area contributed by atoms with Gasteiger partial charge < -0.3 is 9.88 Å². The zero-order chi connectivity index (χ0) is 13.2. The number of hydrogen-bond acceptors (Lipinski definition) is 2. The summed E-state index contributed by atoms with van der Waals surface area (Å²) in [6.07, 6.45) is 6.15. The van der Waals surface area contributed by atoms with Crippen LogP contribution in [0.4, 0.5) is 4.39 Å². The van der Waals surface area contributed by atoms with E-state index in [1.807, 2.05) is 10.8 Å². The van der Waals surface area contributed by atoms with Crippen molar-refractivity contribution in [3.63, 3.8) is 0 Å². The maximum atomic E-state index is 13.7. The molecule has 0 aliphatic heterocycles. The molecule has 0 bridgehead atoms. The van der Waals surface area contributed by atoms with Crippen LogP contribution < -0.4 is 5.32 Å². The molecule has 19 heavy (non-hydrogen) atoms. The predicted octanol–water partition coefficient (Wildman–Crippen LogP) is 2.98. The van der Waals surface area contributed by atoms with Crippen molar-refractivity contribution in [2.24, 2.45) is 0 Å². The normalized spacial score (nSPS) is 14.8. The Morgan fingerprint density at radius 3 is 3.00 bits per heavy atom. The number of imidazole rings is 1. The lowest BCUT2D eigenvalue weighted by atomic mass is 10.2. The first-order valence-corrected chi connectivity index (χ1v) is 6.77.